The molecule has 0 aliphatic rings. The lowest BCUT2D eigenvalue weighted by atomic mass is 10.2. The lowest BCUT2D eigenvalue weighted by Gasteiger charge is -2.22. The van der Waals surface area contributed by atoms with Crippen molar-refractivity contribution in [2.75, 3.05) is 23.4 Å². The Morgan fingerprint density at radius 3 is 2.12 bits per heavy atom. The van der Waals surface area contributed by atoms with Crippen LogP contribution in [0.3, 0.4) is 0 Å². The predicted octanol–water partition coefficient (Wildman–Crippen LogP) is 3.78. The third kappa shape index (κ3) is 4.06. The number of carbonyl (C=O) groups is 1. The number of amides is 1. The SMILES string of the molecule is CCN(Cc1ccccc1)c1ccc(C(=O)N(C)c2ccccc2)nn1. The number of nitrogens with zero attached hydrogens (tertiary/aromatic N) is 4. The van der Waals surface area contributed by atoms with E-state index in [1.54, 1.807) is 18.0 Å². The first-order valence-electron chi connectivity index (χ1n) is 8.64. The van der Waals surface area contributed by atoms with Crippen LogP contribution in [0.5, 0.6) is 0 Å². The van der Waals surface area contributed by atoms with Crippen LogP contribution in [0.25, 0.3) is 0 Å². The van der Waals surface area contributed by atoms with E-state index in [2.05, 4.69) is 34.2 Å². The van der Waals surface area contributed by atoms with Gasteiger partial charge < -0.3 is 9.80 Å². The van der Waals surface area contributed by atoms with Gasteiger partial charge in [-0.05, 0) is 36.8 Å². The van der Waals surface area contributed by atoms with Crippen LogP contribution in [0, 0.1) is 0 Å². The van der Waals surface area contributed by atoms with Gasteiger partial charge in [0.2, 0.25) is 0 Å². The fourth-order valence-electron chi connectivity index (χ4n) is 2.71. The smallest absolute Gasteiger partial charge is 0.278 e. The van der Waals surface area contributed by atoms with Crippen molar-refractivity contribution in [2.24, 2.45) is 0 Å². The second-order valence-corrected chi connectivity index (χ2v) is 5.98. The van der Waals surface area contributed by atoms with E-state index in [-0.39, 0.29) is 5.91 Å². The average Bonchev–Trinajstić information content (AvgIpc) is 2.72. The second-order valence-electron chi connectivity index (χ2n) is 5.98. The lowest BCUT2D eigenvalue weighted by molar-refractivity contribution is 0.0987. The minimum atomic E-state index is -0.179. The van der Waals surface area contributed by atoms with E-state index in [9.17, 15) is 4.79 Å². The summed E-state index contributed by atoms with van der Waals surface area (Å²) >= 11 is 0. The first kappa shape index (κ1) is 17.6. The number of rotatable bonds is 6. The van der Waals surface area contributed by atoms with Crippen molar-refractivity contribution in [3.8, 4) is 0 Å². The maximum absolute atomic E-state index is 12.6. The number of carbonyl (C=O) groups excluding carboxylic acids is 1. The number of benzene rings is 2. The molecule has 0 N–H and O–H groups in total. The molecule has 5 heteroatoms. The first-order valence-corrected chi connectivity index (χ1v) is 8.64. The van der Waals surface area contributed by atoms with Crippen LogP contribution in [0.15, 0.2) is 72.8 Å². The summed E-state index contributed by atoms with van der Waals surface area (Å²) in [4.78, 5) is 16.3. The highest BCUT2D eigenvalue weighted by atomic mass is 16.2. The van der Waals surface area contributed by atoms with Gasteiger partial charge in [0.1, 0.15) is 0 Å². The summed E-state index contributed by atoms with van der Waals surface area (Å²) < 4.78 is 0. The minimum absolute atomic E-state index is 0.179. The molecule has 26 heavy (non-hydrogen) atoms. The van der Waals surface area contributed by atoms with Crippen molar-refractivity contribution in [1.82, 2.24) is 10.2 Å². The van der Waals surface area contributed by atoms with Crippen LogP contribution in [0.1, 0.15) is 23.0 Å². The normalized spacial score (nSPS) is 10.4. The topological polar surface area (TPSA) is 49.3 Å². The Hall–Kier alpha value is -3.21. The molecular weight excluding hydrogens is 324 g/mol. The fourth-order valence-corrected chi connectivity index (χ4v) is 2.71. The van der Waals surface area contributed by atoms with Crippen molar-refractivity contribution in [2.45, 2.75) is 13.5 Å². The maximum atomic E-state index is 12.6. The molecule has 1 amide bonds. The van der Waals surface area contributed by atoms with E-state index in [0.717, 1.165) is 24.6 Å². The molecule has 1 aromatic heterocycles. The Balaban J connectivity index is 1.73. The van der Waals surface area contributed by atoms with Gasteiger partial charge in [0, 0.05) is 25.8 Å². The highest BCUT2D eigenvalue weighted by molar-refractivity contribution is 6.04. The van der Waals surface area contributed by atoms with E-state index in [1.165, 1.54) is 5.56 Å². The van der Waals surface area contributed by atoms with Crippen molar-refractivity contribution in [1.29, 1.82) is 0 Å². The molecular formula is C21H22N4O. The molecule has 0 aliphatic carbocycles. The third-order valence-corrected chi connectivity index (χ3v) is 4.24. The molecule has 0 aliphatic heterocycles. The Morgan fingerprint density at radius 1 is 0.885 bits per heavy atom. The third-order valence-electron chi connectivity index (χ3n) is 4.24. The van der Waals surface area contributed by atoms with Crippen molar-refractivity contribution in [3.63, 3.8) is 0 Å². The predicted molar refractivity (Wildman–Crippen MR) is 104 cm³/mol. The zero-order valence-corrected chi connectivity index (χ0v) is 15.0. The summed E-state index contributed by atoms with van der Waals surface area (Å²) in [6.07, 6.45) is 0. The number of aromatic nitrogens is 2. The molecule has 3 rings (SSSR count). The summed E-state index contributed by atoms with van der Waals surface area (Å²) in [6.45, 7) is 3.64. The van der Waals surface area contributed by atoms with Crippen molar-refractivity contribution < 1.29 is 4.79 Å². The minimum Gasteiger partial charge on any atom is -0.351 e. The van der Waals surface area contributed by atoms with E-state index >= 15 is 0 Å². The maximum Gasteiger partial charge on any atom is 0.278 e. The van der Waals surface area contributed by atoms with Crippen LogP contribution < -0.4 is 9.80 Å². The van der Waals surface area contributed by atoms with Gasteiger partial charge in [0.05, 0.1) is 0 Å². The largest absolute Gasteiger partial charge is 0.351 e. The highest BCUT2D eigenvalue weighted by Crippen LogP contribution is 2.16. The summed E-state index contributed by atoms with van der Waals surface area (Å²) in [7, 11) is 1.74. The highest BCUT2D eigenvalue weighted by Gasteiger charge is 2.16. The van der Waals surface area contributed by atoms with Crippen LogP contribution in [0.2, 0.25) is 0 Å². The monoisotopic (exact) mass is 346 g/mol. The molecule has 2 aromatic carbocycles. The Labute approximate surface area is 153 Å². The molecule has 3 aromatic rings. The molecule has 0 atom stereocenters. The van der Waals surface area contributed by atoms with Gasteiger partial charge in [-0.25, -0.2) is 0 Å². The Kier molecular flexibility index (Phi) is 5.59. The molecule has 0 spiro atoms. The molecule has 1 heterocycles. The van der Waals surface area contributed by atoms with Gasteiger partial charge in [-0.2, -0.15) is 0 Å². The quantitative estimate of drug-likeness (QED) is 0.681. The van der Waals surface area contributed by atoms with Gasteiger partial charge in [-0.3, -0.25) is 4.79 Å². The number of hydrogen-bond acceptors (Lipinski definition) is 4. The van der Waals surface area contributed by atoms with Gasteiger partial charge in [-0.1, -0.05) is 48.5 Å². The van der Waals surface area contributed by atoms with Gasteiger partial charge in [0.25, 0.3) is 5.91 Å². The second kappa shape index (κ2) is 8.25. The van der Waals surface area contributed by atoms with Crippen molar-refractivity contribution in [3.05, 3.63) is 84.1 Å². The molecule has 0 bridgehead atoms. The molecule has 0 unspecified atom stereocenters. The van der Waals surface area contributed by atoms with Crippen LogP contribution in [-0.4, -0.2) is 29.7 Å². The van der Waals surface area contributed by atoms with Crippen molar-refractivity contribution >= 4 is 17.4 Å². The van der Waals surface area contributed by atoms with Gasteiger partial charge in [0.15, 0.2) is 11.5 Å². The number of para-hydroxylation sites is 1. The summed E-state index contributed by atoms with van der Waals surface area (Å²) in [6, 6.07) is 23.3. The summed E-state index contributed by atoms with van der Waals surface area (Å²) in [5.74, 6) is 0.580. The van der Waals surface area contributed by atoms with E-state index in [1.807, 2.05) is 54.6 Å². The van der Waals surface area contributed by atoms with E-state index in [4.69, 9.17) is 0 Å². The molecule has 0 saturated heterocycles. The number of anilines is 2. The van der Waals surface area contributed by atoms with Gasteiger partial charge in [-0.15, -0.1) is 10.2 Å². The van der Waals surface area contributed by atoms with E-state index < -0.39 is 0 Å². The van der Waals surface area contributed by atoms with Crippen LogP contribution in [-0.2, 0) is 6.54 Å². The van der Waals surface area contributed by atoms with Crippen LogP contribution >= 0.6 is 0 Å². The standard InChI is InChI=1S/C21H22N4O/c1-3-25(16-17-10-6-4-7-11-17)20-15-14-19(22-23-20)21(26)24(2)18-12-8-5-9-13-18/h4-15H,3,16H2,1-2H3. The van der Waals surface area contributed by atoms with E-state index in [0.29, 0.717) is 5.69 Å². The zero-order chi connectivity index (χ0) is 18.4. The molecule has 0 saturated carbocycles. The molecule has 0 fully saturated rings. The number of hydrogen-bond donors (Lipinski definition) is 0. The average molecular weight is 346 g/mol. The Bertz CT molecular complexity index is 835. The zero-order valence-electron chi connectivity index (χ0n) is 15.0. The molecule has 0 radical (unpaired) electrons. The van der Waals surface area contributed by atoms with Gasteiger partial charge >= 0.3 is 0 Å². The molecule has 5 nitrogen and oxygen atoms in total. The Morgan fingerprint density at radius 2 is 1.54 bits per heavy atom. The molecule has 132 valence electrons. The summed E-state index contributed by atoms with van der Waals surface area (Å²) in [5.41, 5.74) is 2.36. The lowest BCUT2D eigenvalue weighted by Crippen LogP contribution is -2.28. The summed E-state index contributed by atoms with van der Waals surface area (Å²) in [5, 5.41) is 8.42. The first-order chi connectivity index (χ1) is 12.7. The fraction of sp³-hybridized carbons (Fsp3) is 0.190. The van der Waals surface area contributed by atoms with Crippen LogP contribution in [0.4, 0.5) is 11.5 Å².